The quantitative estimate of drug-likeness (QED) is 0.898. The predicted molar refractivity (Wildman–Crippen MR) is 86.5 cm³/mol. The highest BCUT2D eigenvalue weighted by atomic mass is 32.1. The van der Waals surface area contributed by atoms with Crippen molar-refractivity contribution in [3.8, 4) is 11.5 Å². The van der Waals surface area contributed by atoms with Crippen LogP contribution >= 0.6 is 11.3 Å². The Hall–Kier alpha value is -1.52. The van der Waals surface area contributed by atoms with Gasteiger partial charge in [-0.05, 0) is 56.1 Å². The van der Waals surface area contributed by atoms with Crippen molar-refractivity contribution in [1.29, 1.82) is 0 Å². The van der Waals surface area contributed by atoms with Gasteiger partial charge < -0.3 is 14.8 Å². The Morgan fingerprint density at radius 3 is 2.71 bits per heavy atom. The van der Waals surface area contributed by atoms with Crippen molar-refractivity contribution < 1.29 is 9.47 Å². The molecule has 1 aliphatic rings. The summed E-state index contributed by atoms with van der Waals surface area (Å²) in [5, 5.41) is 3.66. The van der Waals surface area contributed by atoms with Gasteiger partial charge in [0, 0.05) is 9.75 Å². The lowest BCUT2D eigenvalue weighted by atomic mass is 9.98. The Morgan fingerprint density at radius 1 is 1.19 bits per heavy atom. The van der Waals surface area contributed by atoms with Gasteiger partial charge >= 0.3 is 0 Å². The highest BCUT2D eigenvalue weighted by Gasteiger charge is 2.21. The third kappa shape index (κ3) is 2.92. The van der Waals surface area contributed by atoms with Gasteiger partial charge in [0.2, 0.25) is 6.79 Å². The molecule has 0 amide bonds. The second kappa shape index (κ2) is 6.08. The van der Waals surface area contributed by atoms with Gasteiger partial charge in [0.05, 0.1) is 6.04 Å². The number of hydrogen-bond donors (Lipinski definition) is 1. The summed E-state index contributed by atoms with van der Waals surface area (Å²) in [5.74, 6) is 1.69. The van der Waals surface area contributed by atoms with E-state index < -0.39 is 0 Å². The highest BCUT2D eigenvalue weighted by molar-refractivity contribution is 7.12. The molecule has 3 rings (SSSR count). The zero-order valence-electron chi connectivity index (χ0n) is 12.7. The first-order valence-electron chi connectivity index (χ1n) is 7.39. The standard InChI is InChI=1S/C17H21NO2S/c1-4-7-18-17(14-8-11(2)21-12(14)3)13-5-6-15-16(9-13)20-10-19-15/h5-6,8-9,17-18H,4,7,10H2,1-3H3. The van der Waals surface area contributed by atoms with Crippen molar-refractivity contribution in [3.63, 3.8) is 0 Å². The molecule has 0 radical (unpaired) electrons. The van der Waals surface area contributed by atoms with Crippen LogP contribution in [0.4, 0.5) is 0 Å². The molecular weight excluding hydrogens is 282 g/mol. The largest absolute Gasteiger partial charge is 0.454 e. The van der Waals surface area contributed by atoms with Gasteiger partial charge in [0.1, 0.15) is 0 Å². The van der Waals surface area contributed by atoms with Crippen LogP contribution in [-0.2, 0) is 0 Å². The van der Waals surface area contributed by atoms with Gasteiger partial charge in [-0.2, -0.15) is 0 Å². The second-order valence-electron chi connectivity index (χ2n) is 5.37. The van der Waals surface area contributed by atoms with Crippen molar-refractivity contribution in [1.82, 2.24) is 5.32 Å². The molecule has 0 fully saturated rings. The maximum atomic E-state index is 5.52. The summed E-state index contributed by atoms with van der Waals surface area (Å²) in [6, 6.07) is 8.74. The normalized spacial score (nSPS) is 14.4. The number of nitrogens with one attached hydrogen (secondary N) is 1. The van der Waals surface area contributed by atoms with Crippen LogP contribution in [0.3, 0.4) is 0 Å². The molecule has 0 saturated carbocycles. The average molecular weight is 303 g/mol. The minimum absolute atomic E-state index is 0.212. The minimum Gasteiger partial charge on any atom is -0.454 e. The van der Waals surface area contributed by atoms with Gasteiger partial charge in [-0.25, -0.2) is 0 Å². The molecule has 0 aliphatic carbocycles. The molecule has 0 spiro atoms. The molecule has 112 valence electrons. The Balaban J connectivity index is 1.97. The fourth-order valence-electron chi connectivity index (χ4n) is 2.73. The maximum Gasteiger partial charge on any atom is 0.231 e. The lowest BCUT2D eigenvalue weighted by Crippen LogP contribution is -2.23. The van der Waals surface area contributed by atoms with E-state index in [9.17, 15) is 0 Å². The molecule has 0 saturated heterocycles. The zero-order valence-corrected chi connectivity index (χ0v) is 13.5. The monoisotopic (exact) mass is 303 g/mol. The summed E-state index contributed by atoms with van der Waals surface area (Å²) in [5.41, 5.74) is 2.60. The SMILES string of the molecule is CCCNC(c1ccc2c(c1)OCO2)c1cc(C)sc1C. The summed E-state index contributed by atoms with van der Waals surface area (Å²) in [6.45, 7) is 7.86. The highest BCUT2D eigenvalue weighted by Crippen LogP contribution is 2.37. The van der Waals surface area contributed by atoms with Crippen LogP contribution in [0.5, 0.6) is 11.5 Å². The van der Waals surface area contributed by atoms with Gasteiger partial charge in [-0.1, -0.05) is 13.0 Å². The Kier molecular flexibility index (Phi) is 4.17. The molecular formula is C17H21NO2S. The van der Waals surface area contributed by atoms with Crippen LogP contribution in [0.15, 0.2) is 24.3 Å². The number of aryl methyl sites for hydroxylation is 2. The predicted octanol–water partition coefficient (Wildman–Crippen LogP) is 4.18. The third-order valence-electron chi connectivity index (χ3n) is 3.72. The number of rotatable bonds is 5. The fraction of sp³-hybridized carbons (Fsp3) is 0.412. The van der Waals surface area contributed by atoms with E-state index in [1.807, 2.05) is 17.4 Å². The number of ether oxygens (including phenoxy) is 2. The van der Waals surface area contributed by atoms with Gasteiger partial charge in [-0.15, -0.1) is 11.3 Å². The van der Waals surface area contributed by atoms with Crippen molar-refractivity contribution in [2.75, 3.05) is 13.3 Å². The van der Waals surface area contributed by atoms with E-state index in [1.54, 1.807) is 0 Å². The van der Waals surface area contributed by atoms with E-state index in [0.717, 1.165) is 24.5 Å². The molecule has 2 aromatic rings. The molecule has 1 aliphatic heterocycles. The van der Waals surface area contributed by atoms with E-state index in [2.05, 4.69) is 44.3 Å². The van der Waals surface area contributed by atoms with Crippen molar-refractivity contribution in [2.24, 2.45) is 0 Å². The third-order valence-corrected chi connectivity index (χ3v) is 4.70. The number of benzene rings is 1. The Labute approximate surface area is 129 Å². The van der Waals surface area contributed by atoms with Crippen LogP contribution in [-0.4, -0.2) is 13.3 Å². The van der Waals surface area contributed by atoms with Crippen LogP contribution in [0.25, 0.3) is 0 Å². The van der Waals surface area contributed by atoms with E-state index in [0.29, 0.717) is 6.79 Å². The van der Waals surface area contributed by atoms with E-state index in [4.69, 9.17) is 9.47 Å². The lowest BCUT2D eigenvalue weighted by Gasteiger charge is -2.19. The van der Waals surface area contributed by atoms with Gasteiger partial charge in [0.25, 0.3) is 0 Å². The number of hydrogen-bond acceptors (Lipinski definition) is 4. The molecule has 0 bridgehead atoms. The molecule has 4 heteroatoms. The van der Waals surface area contributed by atoms with Crippen molar-refractivity contribution in [2.45, 2.75) is 33.2 Å². The summed E-state index contributed by atoms with van der Waals surface area (Å²) in [4.78, 5) is 2.73. The second-order valence-corrected chi connectivity index (χ2v) is 6.83. The topological polar surface area (TPSA) is 30.5 Å². The lowest BCUT2D eigenvalue weighted by molar-refractivity contribution is 0.174. The summed E-state index contributed by atoms with van der Waals surface area (Å²) < 4.78 is 10.9. The molecule has 21 heavy (non-hydrogen) atoms. The molecule has 1 N–H and O–H groups in total. The molecule has 2 heterocycles. The van der Waals surface area contributed by atoms with Crippen LogP contribution in [0, 0.1) is 13.8 Å². The Morgan fingerprint density at radius 2 is 2.00 bits per heavy atom. The van der Waals surface area contributed by atoms with Gasteiger partial charge in [-0.3, -0.25) is 0 Å². The summed E-state index contributed by atoms with van der Waals surface area (Å²) in [7, 11) is 0. The summed E-state index contributed by atoms with van der Waals surface area (Å²) in [6.07, 6.45) is 1.11. The first-order chi connectivity index (χ1) is 10.2. The van der Waals surface area contributed by atoms with Crippen molar-refractivity contribution in [3.05, 3.63) is 45.1 Å². The van der Waals surface area contributed by atoms with E-state index >= 15 is 0 Å². The van der Waals surface area contributed by atoms with Crippen LogP contribution in [0.2, 0.25) is 0 Å². The average Bonchev–Trinajstić information content (AvgIpc) is 3.05. The Bertz CT molecular complexity index is 636. The smallest absolute Gasteiger partial charge is 0.231 e. The van der Waals surface area contributed by atoms with Crippen molar-refractivity contribution >= 4 is 11.3 Å². The molecule has 3 nitrogen and oxygen atoms in total. The number of thiophene rings is 1. The van der Waals surface area contributed by atoms with Crippen LogP contribution in [0.1, 0.15) is 40.3 Å². The first kappa shape index (κ1) is 14.4. The van der Waals surface area contributed by atoms with E-state index in [-0.39, 0.29) is 6.04 Å². The number of fused-ring (bicyclic) bond motifs is 1. The molecule has 1 atom stereocenters. The maximum absolute atomic E-state index is 5.52. The first-order valence-corrected chi connectivity index (χ1v) is 8.20. The molecule has 1 aromatic heterocycles. The minimum atomic E-state index is 0.212. The summed E-state index contributed by atoms with van der Waals surface area (Å²) >= 11 is 1.86. The van der Waals surface area contributed by atoms with Gasteiger partial charge in [0.15, 0.2) is 11.5 Å². The van der Waals surface area contributed by atoms with Crippen LogP contribution < -0.4 is 14.8 Å². The molecule has 1 unspecified atom stereocenters. The molecule has 1 aromatic carbocycles. The fourth-order valence-corrected chi connectivity index (χ4v) is 3.69. The van der Waals surface area contributed by atoms with E-state index in [1.165, 1.54) is 20.9 Å². The zero-order chi connectivity index (χ0) is 14.8.